The van der Waals surface area contributed by atoms with E-state index < -0.39 is 0 Å². The molecule has 5 nitrogen and oxygen atoms in total. The fourth-order valence-electron chi connectivity index (χ4n) is 2.05. The smallest absolute Gasteiger partial charge is 0.257 e. The summed E-state index contributed by atoms with van der Waals surface area (Å²) in [7, 11) is 1.53. The summed E-state index contributed by atoms with van der Waals surface area (Å²) in [5.41, 5.74) is 6.46. The van der Waals surface area contributed by atoms with Gasteiger partial charge in [0.1, 0.15) is 5.75 Å². The molecule has 1 aliphatic rings. The molecule has 2 unspecified atom stereocenters. The Hall–Kier alpha value is -1.62. The highest BCUT2D eigenvalue weighted by Gasteiger charge is 2.31. The minimum atomic E-state index is -0.0379. The van der Waals surface area contributed by atoms with E-state index in [4.69, 9.17) is 10.5 Å². The van der Waals surface area contributed by atoms with E-state index in [1.807, 2.05) is 0 Å². The minimum Gasteiger partial charge on any atom is -0.494 e. The Morgan fingerprint density at radius 2 is 2.35 bits per heavy atom. The van der Waals surface area contributed by atoms with E-state index in [1.54, 1.807) is 23.4 Å². The summed E-state index contributed by atoms with van der Waals surface area (Å²) < 4.78 is 5.14. The molecule has 0 saturated carbocycles. The second kappa shape index (κ2) is 4.71. The fourth-order valence-corrected chi connectivity index (χ4v) is 2.05. The number of likely N-dealkylation sites (tertiary alicyclic amines) is 1. The Morgan fingerprint density at radius 3 is 2.94 bits per heavy atom. The molecule has 0 radical (unpaired) electrons. The first-order chi connectivity index (χ1) is 8.13. The molecule has 5 heteroatoms. The van der Waals surface area contributed by atoms with Crippen LogP contribution in [0.3, 0.4) is 0 Å². The second-order valence-electron chi connectivity index (χ2n) is 4.43. The number of carbonyl (C=O) groups is 1. The molecule has 2 heterocycles. The van der Waals surface area contributed by atoms with Crippen molar-refractivity contribution in [2.45, 2.75) is 13.0 Å². The zero-order valence-electron chi connectivity index (χ0n) is 10.1. The summed E-state index contributed by atoms with van der Waals surface area (Å²) in [4.78, 5) is 18.0. The average molecular weight is 235 g/mol. The standard InChI is InChI=1S/C12H17N3O2/c1-8-6-15(7-10(8)13)12(16)9-3-4-14-5-11(9)17-2/h3-5,8,10H,6-7,13H2,1-2H3. The number of nitrogens with two attached hydrogens (primary N) is 1. The van der Waals surface area contributed by atoms with Gasteiger partial charge in [-0.3, -0.25) is 9.78 Å². The van der Waals surface area contributed by atoms with E-state index in [9.17, 15) is 4.79 Å². The van der Waals surface area contributed by atoms with Crippen LogP contribution in [0.15, 0.2) is 18.5 Å². The van der Waals surface area contributed by atoms with Gasteiger partial charge in [-0.15, -0.1) is 0 Å². The second-order valence-corrected chi connectivity index (χ2v) is 4.43. The molecule has 1 aromatic heterocycles. The maximum absolute atomic E-state index is 12.3. The Morgan fingerprint density at radius 1 is 1.59 bits per heavy atom. The van der Waals surface area contributed by atoms with Crippen LogP contribution in [0.25, 0.3) is 0 Å². The third-order valence-electron chi connectivity index (χ3n) is 3.19. The number of methoxy groups -OCH3 is 1. The van der Waals surface area contributed by atoms with Crippen LogP contribution in [0, 0.1) is 5.92 Å². The van der Waals surface area contributed by atoms with Crippen LogP contribution in [0.5, 0.6) is 5.75 Å². The zero-order chi connectivity index (χ0) is 12.4. The van der Waals surface area contributed by atoms with Gasteiger partial charge in [-0.05, 0) is 12.0 Å². The molecule has 2 N–H and O–H groups in total. The minimum absolute atomic E-state index is 0.0379. The monoisotopic (exact) mass is 235 g/mol. The Kier molecular flexibility index (Phi) is 3.28. The number of aromatic nitrogens is 1. The van der Waals surface area contributed by atoms with Crippen molar-refractivity contribution in [3.8, 4) is 5.75 Å². The molecule has 1 aliphatic heterocycles. The van der Waals surface area contributed by atoms with E-state index >= 15 is 0 Å². The van der Waals surface area contributed by atoms with Gasteiger partial charge in [0.25, 0.3) is 5.91 Å². The number of nitrogens with zero attached hydrogens (tertiary/aromatic N) is 2. The first kappa shape index (κ1) is 11.9. The zero-order valence-corrected chi connectivity index (χ0v) is 10.1. The van der Waals surface area contributed by atoms with Crippen LogP contribution >= 0.6 is 0 Å². The molecule has 1 fully saturated rings. The molecule has 0 aliphatic carbocycles. The van der Waals surface area contributed by atoms with Crippen molar-refractivity contribution in [2.75, 3.05) is 20.2 Å². The highest BCUT2D eigenvalue weighted by atomic mass is 16.5. The van der Waals surface area contributed by atoms with Crippen LogP contribution < -0.4 is 10.5 Å². The van der Waals surface area contributed by atoms with E-state index in [2.05, 4.69) is 11.9 Å². The number of rotatable bonds is 2. The van der Waals surface area contributed by atoms with Crippen molar-refractivity contribution in [3.05, 3.63) is 24.0 Å². The van der Waals surface area contributed by atoms with Crippen LogP contribution in [0.4, 0.5) is 0 Å². The van der Waals surface area contributed by atoms with Crippen LogP contribution in [0.2, 0.25) is 0 Å². The van der Waals surface area contributed by atoms with Gasteiger partial charge in [-0.1, -0.05) is 6.92 Å². The molecule has 92 valence electrons. The highest BCUT2D eigenvalue weighted by Crippen LogP contribution is 2.22. The molecule has 0 aromatic carbocycles. The average Bonchev–Trinajstić information content (AvgIpc) is 2.68. The van der Waals surface area contributed by atoms with Gasteiger partial charge < -0.3 is 15.4 Å². The van der Waals surface area contributed by atoms with E-state index in [0.29, 0.717) is 30.3 Å². The van der Waals surface area contributed by atoms with Crippen LogP contribution in [-0.4, -0.2) is 42.0 Å². The maximum atomic E-state index is 12.3. The first-order valence-electron chi connectivity index (χ1n) is 5.66. The number of pyridine rings is 1. The predicted molar refractivity (Wildman–Crippen MR) is 63.8 cm³/mol. The SMILES string of the molecule is COc1cnccc1C(=O)N1CC(C)C(N)C1. The molecule has 0 spiro atoms. The largest absolute Gasteiger partial charge is 0.494 e. The Bertz CT molecular complexity index is 412. The molecule has 1 amide bonds. The normalized spacial score (nSPS) is 23.8. The number of carbonyl (C=O) groups excluding carboxylic acids is 1. The summed E-state index contributed by atoms with van der Waals surface area (Å²) in [6.45, 7) is 3.36. The van der Waals surface area contributed by atoms with E-state index in [1.165, 1.54) is 7.11 Å². The van der Waals surface area contributed by atoms with Crippen molar-refractivity contribution < 1.29 is 9.53 Å². The summed E-state index contributed by atoms with van der Waals surface area (Å²) in [6, 6.07) is 1.74. The first-order valence-corrected chi connectivity index (χ1v) is 5.66. The summed E-state index contributed by atoms with van der Waals surface area (Å²) in [5.74, 6) is 0.807. The highest BCUT2D eigenvalue weighted by molar-refractivity contribution is 5.97. The van der Waals surface area contributed by atoms with Crippen molar-refractivity contribution in [3.63, 3.8) is 0 Å². The van der Waals surface area contributed by atoms with Crippen molar-refractivity contribution in [1.29, 1.82) is 0 Å². The number of hydrogen-bond acceptors (Lipinski definition) is 4. The summed E-state index contributed by atoms with van der Waals surface area (Å²) in [5, 5.41) is 0. The van der Waals surface area contributed by atoms with Crippen molar-refractivity contribution in [1.82, 2.24) is 9.88 Å². The molecule has 0 bridgehead atoms. The molecule has 1 aromatic rings. The molecule has 17 heavy (non-hydrogen) atoms. The fraction of sp³-hybridized carbons (Fsp3) is 0.500. The van der Waals surface area contributed by atoms with Gasteiger partial charge in [-0.2, -0.15) is 0 Å². The topological polar surface area (TPSA) is 68.5 Å². The lowest BCUT2D eigenvalue weighted by Gasteiger charge is -2.17. The third kappa shape index (κ3) is 2.24. The maximum Gasteiger partial charge on any atom is 0.257 e. The van der Waals surface area contributed by atoms with Gasteiger partial charge >= 0.3 is 0 Å². The lowest BCUT2D eigenvalue weighted by Crippen LogP contribution is -2.32. The van der Waals surface area contributed by atoms with Gasteiger partial charge in [0.2, 0.25) is 0 Å². The predicted octanol–water partition coefficient (Wildman–Crippen LogP) is 0.509. The molecular weight excluding hydrogens is 218 g/mol. The molecular formula is C12H17N3O2. The van der Waals surface area contributed by atoms with Crippen molar-refractivity contribution in [2.24, 2.45) is 11.7 Å². The van der Waals surface area contributed by atoms with Gasteiger partial charge in [0, 0.05) is 25.3 Å². The molecule has 1 saturated heterocycles. The van der Waals surface area contributed by atoms with Gasteiger partial charge in [0.15, 0.2) is 0 Å². The summed E-state index contributed by atoms with van der Waals surface area (Å²) >= 11 is 0. The van der Waals surface area contributed by atoms with Crippen molar-refractivity contribution >= 4 is 5.91 Å². The molecule has 2 atom stereocenters. The lowest BCUT2D eigenvalue weighted by molar-refractivity contribution is 0.0783. The third-order valence-corrected chi connectivity index (χ3v) is 3.19. The van der Waals surface area contributed by atoms with E-state index in [0.717, 1.165) is 0 Å². The van der Waals surface area contributed by atoms with Gasteiger partial charge in [-0.25, -0.2) is 0 Å². The van der Waals surface area contributed by atoms with E-state index in [-0.39, 0.29) is 11.9 Å². The van der Waals surface area contributed by atoms with Crippen LogP contribution in [-0.2, 0) is 0 Å². The number of hydrogen-bond donors (Lipinski definition) is 1. The van der Waals surface area contributed by atoms with Gasteiger partial charge in [0.05, 0.1) is 18.9 Å². The number of ether oxygens (including phenoxy) is 1. The lowest BCUT2D eigenvalue weighted by atomic mass is 10.1. The Balaban J connectivity index is 2.20. The van der Waals surface area contributed by atoms with Crippen LogP contribution in [0.1, 0.15) is 17.3 Å². The molecule has 2 rings (SSSR count). The quantitative estimate of drug-likeness (QED) is 0.811. The summed E-state index contributed by atoms with van der Waals surface area (Å²) in [6.07, 6.45) is 3.14. The Labute approximate surface area is 101 Å². The number of amides is 1.